The van der Waals surface area contributed by atoms with E-state index in [9.17, 15) is 4.79 Å². The second-order valence-corrected chi connectivity index (χ2v) is 5.06. The second-order valence-electron chi connectivity index (χ2n) is 5.06. The van der Waals surface area contributed by atoms with Crippen LogP contribution in [0.5, 0.6) is 5.75 Å². The van der Waals surface area contributed by atoms with Crippen molar-refractivity contribution in [1.82, 2.24) is 5.32 Å². The van der Waals surface area contributed by atoms with Gasteiger partial charge in [-0.25, -0.2) is 0 Å². The lowest BCUT2D eigenvalue weighted by atomic mass is 10.1. The van der Waals surface area contributed by atoms with Crippen molar-refractivity contribution in [2.24, 2.45) is 0 Å². The van der Waals surface area contributed by atoms with E-state index in [1.54, 1.807) is 12.1 Å². The van der Waals surface area contributed by atoms with Gasteiger partial charge in [0.05, 0.1) is 12.6 Å². The number of benzene rings is 2. The molecule has 0 aromatic heterocycles. The van der Waals surface area contributed by atoms with Crippen molar-refractivity contribution >= 4 is 5.91 Å². The normalized spacial score (nSPS) is 11.7. The molecule has 0 radical (unpaired) electrons. The van der Waals surface area contributed by atoms with Gasteiger partial charge in [0.2, 0.25) is 0 Å². The first kappa shape index (κ1) is 16.0. The molecule has 0 fully saturated rings. The minimum atomic E-state index is -0.200. The topological polar surface area (TPSA) is 58.6 Å². The minimum absolute atomic E-state index is 0.0504. The molecule has 0 bridgehead atoms. The number of amides is 1. The maximum absolute atomic E-state index is 12.0. The third-order valence-electron chi connectivity index (χ3n) is 3.41. The molecule has 4 heteroatoms. The van der Waals surface area contributed by atoms with Crippen molar-refractivity contribution in [3.05, 3.63) is 65.7 Å². The Kier molecular flexibility index (Phi) is 5.98. The van der Waals surface area contributed by atoms with E-state index in [-0.39, 0.29) is 18.6 Å². The van der Waals surface area contributed by atoms with Gasteiger partial charge in [-0.1, -0.05) is 37.3 Å². The molecule has 2 aromatic rings. The largest absolute Gasteiger partial charge is 0.489 e. The van der Waals surface area contributed by atoms with Crippen LogP contribution in [0.25, 0.3) is 0 Å². The van der Waals surface area contributed by atoms with Crippen molar-refractivity contribution in [1.29, 1.82) is 0 Å². The summed E-state index contributed by atoms with van der Waals surface area (Å²) in [7, 11) is 0. The summed E-state index contributed by atoms with van der Waals surface area (Å²) < 4.78 is 5.66. The Balaban J connectivity index is 1.91. The van der Waals surface area contributed by atoms with E-state index in [1.807, 2.05) is 49.4 Å². The van der Waals surface area contributed by atoms with Crippen LogP contribution in [0.2, 0.25) is 0 Å². The van der Waals surface area contributed by atoms with Crippen LogP contribution in [0.3, 0.4) is 0 Å². The molecule has 116 valence electrons. The van der Waals surface area contributed by atoms with E-state index in [0.717, 1.165) is 11.3 Å². The number of hydrogen-bond acceptors (Lipinski definition) is 3. The molecule has 0 heterocycles. The summed E-state index contributed by atoms with van der Waals surface area (Å²) in [5.41, 5.74) is 1.57. The first-order valence-electron chi connectivity index (χ1n) is 7.41. The fraction of sp³-hybridized carbons (Fsp3) is 0.278. The molecule has 1 atom stereocenters. The molecule has 2 aromatic carbocycles. The fourth-order valence-corrected chi connectivity index (χ4v) is 1.98. The number of hydrogen-bond donors (Lipinski definition) is 2. The van der Waals surface area contributed by atoms with E-state index < -0.39 is 0 Å². The average Bonchev–Trinajstić information content (AvgIpc) is 2.59. The Hall–Kier alpha value is -2.33. The first-order valence-corrected chi connectivity index (χ1v) is 7.41. The summed E-state index contributed by atoms with van der Waals surface area (Å²) in [4.78, 5) is 12.0. The van der Waals surface area contributed by atoms with E-state index in [2.05, 4.69) is 5.32 Å². The second kappa shape index (κ2) is 8.20. The highest BCUT2D eigenvalue weighted by molar-refractivity contribution is 5.94. The van der Waals surface area contributed by atoms with Gasteiger partial charge < -0.3 is 15.2 Å². The fourth-order valence-electron chi connectivity index (χ4n) is 1.98. The van der Waals surface area contributed by atoms with Crippen molar-refractivity contribution in [2.45, 2.75) is 26.0 Å². The summed E-state index contributed by atoms with van der Waals surface area (Å²) in [5.74, 6) is 0.648. The predicted molar refractivity (Wildman–Crippen MR) is 85.8 cm³/mol. The molecule has 0 spiro atoms. The van der Waals surface area contributed by atoms with Crippen molar-refractivity contribution in [3.8, 4) is 5.75 Å². The lowest BCUT2D eigenvalue weighted by molar-refractivity contribution is 0.0915. The summed E-state index contributed by atoms with van der Waals surface area (Å²) in [6.07, 6.45) is 0.700. The lowest BCUT2D eigenvalue weighted by Crippen LogP contribution is -2.36. The van der Waals surface area contributed by atoms with Crippen LogP contribution >= 0.6 is 0 Å². The Bertz CT molecular complexity index is 577. The van der Waals surface area contributed by atoms with Gasteiger partial charge in [-0.3, -0.25) is 4.79 Å². The minimum Gasteiger partial charge on any atom is -0.489 e. The predicted octanol–water partition coefficient (Wildman–Crippen LogP) is 2.77. The van der Waals surface area contributed by atoms with Gasteiger partial charge in [-0.15, -0.1) is 0 Å². The van der Waals surface area contributed by atoms with Crippen LogP contribution in [-0.4, -0.2) is 23.7 Å². The Morgan fingerprint density at radius 1 is 1.14 bits per heavy atom. The molecule has 2 N–H and O–H groups in total. The molecule has 0 saturated heterocycles. The molecular weight excluding hydrogens is 278 g/mol. The maximum Gasteiger partial charge on any atom is 0.251 e. The third-order valence-corrected chi connectivity index (χ3v) is 3.41. The molecule has 2 rings (SSSR count). The zero-order valence-electron chi connectivity index (χ0n) is 12.7. The van der Waals surface area contributed by atoms with E-state index in [1.165, 1.54) is 0 Å². The highest BCUT2D eigenvalue weighted by atomic mass is 16.5. The Morgan fingerprint density at radius 3 is 2.41 bits per heavy atom. The molecule has 22 heavy (non-hydrogen) atoms. The van der Waals surface area contributed by atoms with Crippen LogP contribution in [0.15, 0.2) is 54.6 Å². The van der Waals surface area contributed by atoms with Crippen LogP contribution in [0, 0.1) is 0 Å². The standard InChI is InChI=1S/C18H21NO3/c1-2-16(12-20)19-18(21)15-10-8-14(9-11-15)13-22-17-6-4-3-5-7-17/h3-11,16,20H,2,12-13H2,1H3,(H,19,21). The van der Waals surface area contributed by atoms with Crippen molar-refractivity contribution < 1.29 is 14.6 Å². The molecule has 4 nitrogen and oxygen atoms in total. The van der Waals surface area contributed by atoms with Crippen LogP contribution in [0.4, 0.5) is 0 Å². The SMILES string of the molecule is CCC(CO)NC(=O)c1ccc(COc2ccccc2)cc1. The summed E-state index contributed by atoms with van der Waals surface area (Å²) in [6, 6.07) is 16.7. The Morgan fingerprint density at radius 2 is 1.82 bits per heavy atom. The van der Waals surface area contributed by atoms with Gasteiger partial charge in [0, 0.05) is 5.56 Å². The van der Waals surface area contributed by atoms with Crippen molar-refractivity contribution in [2.75, 3.05) is 6.61 Å². The lowest BCUT2D eigenvalue weighted by Gasteiger charge is -2.14. The van der Waals surface area contributed by atoms with Crippen LogP contribution in [-0.2, 0) is 6.61 Å². The number of para-hydroxylation sites is 1. The van der Waals surface area contributed by atoms with Crippen molar-refractivity contribution in [3.63, 3.8) is 0 Å². The van der Waals surface area contributed by atoms with Crippen LogP contribution in [0.1, 0.15) is 29.3 Å². The highest BCUT2D eigenvalue weighted by Crippen LogP contribution is 2.12. The molecule has 0 aliphatic carbocycles. The van der Waals surface area contributed by atoms with Gasteiger partial charge in [-0.05, 0) is 36.2 Å². The average molecular weight is 299 g/mol. The zero-order chi connectivity index (χ0) is 15.8. The van der Waals surface area contributed by atoms with Crippen LogP contribution < -0.4 is 10.1 Å². The monoisotopic (exact) mass is 299 g/mol. The van der Waals surface area contributed by atoms with Gasteiger partial charge in [0.1, 0.15) is 12.4 Å². The maximum atomic E-state index is 12.0. The van der Waals surface area contributed by atoms with E-state index in [0.29, 0.717) is 18.6 Å². The first-order chi connectivity index (χ1) is 10.7. The van der Waals surface area contributed by atoms with E-state index in [4.69, 9.17) is 9.84 Å². The third kappa shape index (κ3) is 4.60. The Labute approximate surface area is 130 Å². The summed E-state index contributed by atoms with van der Waals surface area (Å²) >= 11 is 0. The molecule has 0 aliphatic heterocycles. The number of aliphatic hydroxyl groups excluding tert-OH is 1. The summed E-state index contributed by atoms with van der Waals surface area (Å²) in [6.45, 7) is 2.33. The van der Waals surface area contributed by atoms with Gasteiger partial charge in [0.25, 0.3) is 5.91 Å². The molecule has 1 amide bonds. The number of nitrogens with one attached hydrogen (secondary N) is 1. The zero-order valence-corrected chi connectivity index (χ0v) is 12.7. The number of carbonyl (C=O) groups is 1. The molecule has 0 aliphatic rings. The molecule has 0 saturated carbocycles. The van der Waals surface area contributed by atoms with Gasteiger partial charge in [0.15, 0.2) is 0 Å². The molecular formula is C18H21NO3. The smallest absolute Gasteiger partial charge is 0.251 e. The van der Waals surface area contributed by atoms with E-state index >= 15 is 0 Å². The number of aliphatic hydroxyl groups is 1. The number of ether oxygens (including phenoxy) is 1. The number of rotatable bonds is 7. The highest BCUT2D eigenvalue weighted by Gasteiger charge is 2.11. The summed E-state index contributed by atoms with van der Waals surface area (Å²) in [5, 5.41) is 11.9. The number of carbonyl (C=O) groups excluding carboxylic acids is 1. The van der Waals surface area contributed by atoms with Gasteiger partial charge in [-0.2, -0.15) is 0 Å². The quantitative estimate of drug-likeness (QED) is 0.826. The molecule has 1 unspecified atom stereocenters. The van der Waals surface area contributed by atoms with Gasteiger partial charge >= 0.3 is 0 Å².